The second kappa shape index (κ2) is 6.12. The lowest BCUT2D eigenvalue weighted by atomic mass is 9.98. The van der Waals surface area contributed by atoms with E-state index >= 15 is 0 Å². The highest BCUT2D eigenvalue weighted by Gasteiger charge is 2.23. The first-order chi connectivity index (χ1) is 10.6. The summed E-state index contributed by atoms with van der Waals surface area (Å²) in [6.07, 6.45) is 2.79. The van der Waals surface area contributed by atoms with Crippen LogP contribution in [0.15, 0.2) is 45.5 Å². The summed E-state index contributed by atoms with van der Waals surface area (Å²) in [5.41, 5.74) is 3.71. The van der Waals surface area contributed by atoms with Gasteiger partial charge in [0.1, 0.15) is 10.6 Å². The van der Waals surface area contributed by atoms with Crippen LogP contribution in [0.1, 0.15) is 30.5 Å². The number of ketones is 1. The Hall–Kier alpha value is -2.21. The van der Waals surface area contributed by atoms with Gasteiger partial charge in [-0.05, 0) is 69.0 Å². The van der Waals surface area contributed by atoms with Crippen molar-refractivity contribution in [3.8, 4) is 0 Å². The third-order valence-corrected chi connectivity index (χ3v) is 4.96. The molecular weight excluding hydrogens is 314 g/mol. The van der Waals surface area contributed by atoms with Crippen LogP contribution in [-0.4, -0.2) is 19.9 Å². The van der Waals surface area contributed by atoms with E-state index in [9.17, 15) is 13.2 Å². The minimum Gasteiger partial charge on any atom is -0.290 e. The van der Waals surface area contributed by atoms with Crippen molar-refractivity contribution in [3.05, 3.63) is 52.1 Å². The molecule has 122 valence electrons. The summed E-state index contributed by atoms with van der Waals surface area (Å²) in [5, 5.41) is 3.77. The first kappa shape index (κ1) is 17.1. The zero-order valence-corrected chi connectivity index (χ0v) is 14.6. The zero-order valence-electron chi connectivity index (χ0n) is 13.8. The largest absolute Gasteiger partial charge is 0.359 e. The van der Waals surface area contributed by atoms with E-state index in [1.54, 1.807) is 39.8 Å². The Balaban J connectivity index is 2.41. The maximum Gasteiger partial charge on any atom is 0.359 e. The van der Waals surface area contributed by atoms with E-state index in [1.165, 1.54) is 12.2 Å². The molecule has 0 saturated carbocycles. The van der Waals surface area contributed by atoms with Crippen molar-refractivity contribution in [2.24, 2.45) is 5.16 Å². The van der Waals surface area contributed by atoms with Crippen molar-refractivity contribution in [2.75, 3.05) is 0 Å². The van der Waals surface area contributed by atoms with Gasteiger partial charge in [-0.25, -0.2) is 0 Å². The van der Waals surface area contributed by atoms with Crippen molar-refractivity contribution in [1.29, 1.82) is 0 Å². The molecule has 0 N–H and O–H groups in total. The van der Waals surface area contributed by atoms with Crippen molar-refractivity contribution in [1.82, 2.24) is 0 Å². The highest BCUT2D eigenvalue weighted by atomic mass is 32.2. The molecular formula is C17H19NO4S. The van der Waals surface area contributed by atoms with E-state index in [0.717, 1.165) is 5.56 Å². The molecule has 0 aromatic heterocycles. The second-order valence-electron chi connectivity index (χ2n) is 5.75. The molecule has 1 aliphatic rings. The van der Waals surface area contributed by atoms with Gasteiger partial charge in [-0.2, -0.15) is 8.42 Å². The molecule has 0 heterocycles. The van der Waals surface area contributed by atoms with Gasteiger partial charge in [0.2, 0.25) is 0 Å². The summed E-state index contributed by atoms with van der Waals surface area (Å²) in [6.45, 7) is 8.72. The smallest absolute Gasteiger partial charge is 0.290 e. The SMILES string of the molecule is CC1=CC(=O)C=C(C)C1=NOS(=O)(=O)c1c(C)cc(C)cc1C. The molecule has 0 unspecified atom stereocenters. The van der Waals surface area contributed by atoms with Crippen LogP contribution in [0.4, 0.5) is 0 Å². The molecule has 0 bridgehead atoms. The summed E-state index contributed by atoms with van der Waals surface area (Å²) in [6, 6.07) is 3.57. The third kappa shape index (κ3) is 3.59. The van der Waals surface area contributed by atoms with Gasteiger partial charge >= 0.3 is 10.1 Å². The van der Waals surface area contributed by atoms with Crippen LogP contribution < -0.4 is 0 Å². The summed E-state index contributed by atoms with van der Waals surface area (Å²) >= 11 is 0. The van der Waals surface area contributed by atoms with E-state index in [1.807, 2.05) is 6.92 Å². The van der Waals surface area contributed by atoms with E-state index < -0.39 is 10.1 Å². The lowest BCUT2D eigenvalue weighted by molar-refractivity contribution is -0.110. The molecule has 0 atom stereocenters. The summed E-state index contributed by atoms with van der Waals surface area (Å²) in [5.74, 6) is -0.146. The van der Waals surface area contributed by atoms with Gasteiger partial charge in [0.25, 0.3) is 0 Å². The Kier molecular flexibility index (Phi) is 4.56. The number of hydrogen-bond acceptors (Lipinski definition) is 5. The lowest BCUT2D eigenvalue weighted by Crippen LogP contribution is -2.14. The first-order valence-corrected chi connectivity index (χ1v) is 8.53. The Morgan fingerprint density at radius 1 is 0.913 bits per heavy atom. The number of benzene rings is 1. The topological polar surface area (TPSA) is 72.8 Å². The molecule has 1 aliphatic carbocycles. The molecule has 6 heteroatoms. The monoisotopic (exact) mass is 333 g/mol. The molecule has 0 fully saturated rings. The average molecular weight is 333 g/mol. The highest BCUT2D eigenvalue weighted by molar-refractivity contribution is 7.86. The summed E-state index contributed by atoms with van der Waals surface area (Å²) in [7, 11) is -4.03. The zero-order chi connectivity index (χ0) is 17.4. The molecule has 0 spiro atoms. The van der Waals surface area contributed by atoms with E-state index in [-0.39, 0.29) is 10.7 Å². The second-order valence-corrected chi connectivity index (χ2v) is 7.22. The molecule has 0 amide bonds. The van der Waals surface area contributed by atoms with E-state index in [4.69, 9.17) is 4.28 Å². The number of allylic oxidation sites excluding steroid dienone is 4. The first-order valence-electron chi connectivity index (χ1n) is 7.12. The Morgan fingerprint density at radius 2 is 1.39 bits per heavy atom. The summed E-state index contributed by atoms with van der Waals surface area (Å²) in [4.78, 5) is 11.5. The van der Waals surface area contributed by atoms with Crippen molar-refractivity contribution in [3.63, 3.8) is 0 Å². The van der Waals surface area contributed by atoms with Gasteiger partial charge in [0, 0.05) is 0 Å². The van der Waals surface area contributed by atoms with Crippen molar-refractivity contribution >= 4 is 21.6 Å². The number of hydrogen-bond donors (Lipinski definition) is 0. The predicted octanol–water partition coefficient (Wildman–Crippen LogP) is 3.15. The van der Waals surface area contributed by atoms with Crippen LogP contribution in [0.25, 0.3) is 0 Å². The van der Waals surface area contributed by atoms with E-state index in [0.29, 0.717) is 28.0 Å². The minimum atomic E-state index is -4.03. The fraction of sp³-hybridized carbons (Fsp3) is 0.294. The van der Waals surface area contributed by atoms with Crippen LogP contribution in [0.2, 0.25) is 0 Å². The summed E-state index contributed by atoms with van der Waals surface area (Å²) < 4.78 is 29.8. The molecule has 0 radical (unpaired) electrons. The Labute approximate surface area is 136 Å². The lowest BCUT2D eigenvalue weighted by Gasteiger charge is -2.13. The number of nitrogens with zero attached hydrogens (tertiary/aromatic N) is 1. The van der Waals surface area contributed by atoms with Crippen molar-refractivity contribution in [2.45, 2.75) is 39.5 Å². The van der Waals surface area contributed by atoms with Crippen LogP contribution in [0.3, 0.4) is 0 Å². The molecule has 5 nitrogen and oxygen atoms in total. The Bertz CT molecular complexity index is 827. The van der Waals surface area contributed by atoms with Crippen LogP contribution >= 0.6 is 0 Å². The predicted molar refractivity (Wildman–Crippen MR) is 88.9 cm³/mol. The van der Waals surface area contributed by atoms with Gasteiger partial charge in [-0.1, -0.05) is 22.9 Å². The van der Waals surface area contributed by atoms with Gasteiger partial charge in [0.15, 0.2) is 5.78 Å². The van der Waals surface area contributed by atoms with Crippen LogP contribution in [0, 0.1) is 20.8 Å². The molecule has 2 rings (SSSR count). The average Bonchev–Trinajstić information content (AvgIpc) is 2.35. The third-order valence-electron chi connectivity index (χ3n) is 3.55. The van der Waals surface area contributed by atoms with Crippen LogP contribution in [0.5, 0.6) is 0 Å². The molecule has 1 aromatic rings. The molecule has 1 aromatic carbocycles. The van der Waals surface area contributed by atoms with Gasteiger partial charge in [-0.3, -0.25) is 9.08 Å². The quantitative estimate of drug-likeness (QED) is 0.629. The Morgan fingerprint density at radius 3 is 1.87 bits per heavy atom. The fourth-order valence-electron chi connectivity index (χ4n) is 2.74. The van der Waals surface area contributed by atoms with Crippen LogP contribution in [-0.2, 0) is 19.2 Å². The number of rotatable bonds is 3. The molecule has 0 aliphatic heterocycles. The van der Waals surface area contributed by atoms with Gasteiger partial charge < -0.3 is 0 Å². The van der Waals surface area contributed by atoms with Crippen molar-refractivity contribution < 1.29 is 17.5 Å². The normalized spacial score (nSPS) is 15.2. The maximum absolute atomic E-state index is 12.5. The maximum atomic E-state index is 12.5. The standard InChI is InChI=1S/C17H19NO4S/c1-10-6-13(4)17(14(5)7-10)23(20,21)22-18-16-11(2)8-15(19)9-12(16)3/h6-9H,1-5H3. The highest BCUT2D eigenvalue weighted by Crippen LogP contribution is 2.24. The number of carbonyl (C=O) groups excluding carboxylic acids is 1. The minimum absolute atomic E-state index is 0.127. The molecule has 0 saturated heterocycles. The van der Waals surface area contributed by atoms with Gasteiger partial charge in [-0.15, -0.1) is 0 Å². The number of carbonyl (C=O) groups is 1. The molecule has 23 heavy (non-hydrogen) atoms. The fourth-order valence-corrected chi connectivity index (χ4v) is 3.90. The van der Waals surface area contributed by atoms with E-state index in [2.05, 4.69) is 5.16 Å². The van der Waals surface area contributed by atoms with Gasteiger partial charge in [0.05, 0.1) is 0 Å². The number of aryl methyl sites for hydroxylation is 3. The number of oxime groups is 1.